The highest BCUT2D eigenvalue weighted by molar-refractivity contribution is 4.48. The zero-order valence-electron chi connectivity index (χ0n) is 11.6. The topological polar surface area (TPSA) is 38.7 Å². The van der Waals surface area contributed by atoms with E-state index in [1.54, 1.807) is 0 Å². The summed E-state index contributed by atoms with van der Waals surface area (Å²) in [5.41, 5.74) is 0. The van der Waals surface area contributed by atoms with Gasteiger partial charge < -0.3 is 14.6 Å². The molecular weight excluding hydrogens is 216 g/mol. The maximum atomic E-state index is 8.62. The summed E-state index contributed by atoms with van der Waals surface area (Å²) in [4.78, 5) is 0. The van der Waals surface area contributed by atoms with Crippen LogP contribution >= 0.6 is 0 Å². The summed E-state index contributed by atoms with van der Waals surface area (Å²) in [6, 6.07) is 0. The zero-order valence-corrected chi connectivity index (χ0v) is 11.6. The Balaban J connectivity index is 3.02. The van der Waals surface area contributed by atoms with E-state index in [2.05, 4.69) is 13.8 Å². The number of unbranched alkanes of at least 4 members (excludes halogenated alkanes) is 5. The van der Waals surface area contributed by atoms with Crippen LogP contribution in [0.2, 0.25) is 0 Å². The Hall–Kier alpha value is -0.120. The van der Waals surface area contributed by atoms with Crippen molar-refractivity contribution in [2.45, 2.75) is 64.9 Å². The number of rotatable bonds is 13. The molecule has 0 amide bonds. The molecule has 1 unspecified atom stereocenters. The number of hydrogen-bond acceptors (Lipinski definition) is 3. The Bertz CT molecular complexity index is 139. The van der Waals surface area contributed by atoms with Crippen molar-refractivity contribution in [2.75, 3.05) is 26.4 Å². The minimum atomic E-state index is 0.222. The zero-order chi connectivity index (χ0) is 12.8. The molecule has 0 rings (SSSR count). The molecule has 0 aliphatic carbocycles. The van der Waals surface area contributed by atoms with E-state index < -0.39 is 0 Å². The number of hydrogen-bond donors (Lipinski definition) is 1. The van der Waals surface area contributed by atoms with Crippen molar-refractivity contribution in [3.63, 3.8) is 0 Å². The van der Waals surface area contributed by atoms with Crippen molar-refractivity contribution in [1.82, 2.24) is 0 Å². The van der Waals surface area contributed by atoms with Crippen molar-refractivity contribution in [1.29, 1.82) is 0 Å². The molecular formula is C14H30O3. The molecule has 0 saturated carbocycles. The second kappa shape index (κ2) is 13.9. The quantitative estimate of drug-likeness (QED) is 0.507. The molecule has 3 heteroatoms. The summed E-state index contributed by atoms with van der Waals surface area (Å²) in [5.74, 6) is 0. The summed E-state index contributed by atoms with van der Waals surface area (Å²) in [5, 5.41) is 8.62. The van der Waals surface area contributed by atoms with Gasteiger partial charge in [0.1, 0.15) is 0 Å². The van der Waals surface area contributed by atoms with Crippen LogP contribution in [0, 0.1) is 0 Å². The summed E-state index contributed by atoms with van der Waals surface area (Å²) >= 11 is 0. The average molecular weight is 246 g/mol. The second-order valence-corrected chi connectivity index (χ2v) is 4.60. The molecule has 0 aliphatic rings. The molecule has 3 nitrogen and oxygen atoms in total. The lowest BCUT2D eigenvalue weighted by Crippen LogP contribution is -2.16. The van der Waals surface area contributed by atoms with E-state index in [1.807, 2.05) is 0 Å². The fourth-order valence-corrected chi connectivity index (χ4v) is 1.64. The molecule has 1 atom stereocenters. The average Bonchev–Trinajstić information content (AvgIpc) is 2.34. The first-order valence-corrected chi connectivity index (χ1v) is 7.11. The van der Waals surface area contributed by atoms with Crippen LogP contribution in [-0.2, 0) is 9.47 Å². The molecule has 0 aromatic rings. The number of aliphatic hydroxyl groups is 1. The Morgan fingerprint density at radius 2 is 1.59 bits per heavy atom. The molecule has 0 fully saturated rings. The minimum Gasteiger partial charge on any atom is -0.396 e. The van der Waals surface area contributed by atoms with Crippen molar-refractivity contribution in [3.8, 4) is 0 Å². The largest absolute Gasteiger partial charge is 0.396 e. The van der Waals surface area contributed by atoms with Gasteiger partial charge in [-0.05, 0) is 26.2 Å². The van der Waals surface area contributed by atoms with Crippen LogP contribution in [0.3, 0.4) is 0 Å². The van der Waals surface area contributed by atoms with Gasteiger partial charge in [0.2, 0.25) is 0 Å². The highest BCUT2D eigenvalue weighted by atomic mass is 16.5. The van der Waals surface area contributed by atoms with Crippen LogP contribution in [0.5, 0.6) is 0 Å². The Labute approximate surface area is 107 Å². The van der Waals surface area contributed by atoms with Crippen LogP contribution in [0.1, 0.15) is 58.8 Å². The molecule has 0 aliphatic heterocycles. The SMILES string of the molecule is CCCOC(C)COCCCCCCCCO. The predicted molar refractivity (Wildman–Crippen MR) is 71.3 cm³/mol. The van der Waals surface area contributed by atoms with Gasteiger partial charge in [-0.1, -0.05) is 32.6 Å². The maximum absolute atomic E-state index is 8.62. The van der Waals surface area contributed by atoms with Gasteiger partial charge in [0.05, 0.1) is 12.7 Å². The van der Waals surface area contributed by atoms with E-state index in [0.29, 0.717) is 13.2 Å². The molecule has 1 N–H and O–H groups in total. The van der Waals surface area contributed by atoms with Gasteiger partial charge in [0.15, 0.2) is 0 Å². The van der Waals surface area contributed by atoms with E-state index in [-0.39, 0.29) is 6.10 Å². The normalized spacial score (nSPS) is 12.9. The van der Waals surface area contributed by atoms with Crippen molar-refractivity contribution in [2.24, 2.45) is 0 Å². The third kappa shape index (κ3) is 13.8. The van der Waals surface area contributed by atoms with E-state index in [1.165, 1.54) is 19.3 Å². The molecule has 0 spiro atoms. The monoisotopic (exact) mass is 246 g/mol. The predicted octanol–water partition coefficient (Wildman–Crippen LogP) is 3.15. The molecule has 0 heterocycles. The lowest BCUT2D eigenvalue weighted by atomic mass is 10.1. The van der Waals surface area contributed by atoms with E-state index >= 15 is 0 Å². The molecule has 0 aromatic heterocycles. The fourth-order valence-electron chi connectivity index (χ4n) is 1.64. The third-order valence-corrected chi connectivity index (χ3v) is 2.66. The van der Waals surface area contributed by atoms with E-state index in [0.717, 1.165) is 38.9 Å². The first kappa shape index (κ1) is 16.9. The summed E-state index contributed by atoms with van der Waals surface area (Å²) in [7, 11) is 0. The van der Waals surface area contributed by atoms with Crippen molar-refractivity contribution in [3.05, 3.63) is 0 Å². The van der Waals surface area contributed by atoms with Gasteiger partial charge >= 0.3 is 0 Å². The van der Waals surface area contributed by atoms with Crippen LogP contribution < -0.4 is 0 Å². The van der Waals surface area contributed by atoms with Gasteiger partial charge in [0, 0.05) is 19.8 Å². The molecule has 104 valence electrons. The highest BCUT2D eigenvalue weighted by Gasteiger charge is 2.00. The Morgan fingerprint density at radius 1 is 0.941 bits per heavy atom. The van der Waals surface area contributed by atoms with Crippen molar-refractivity contribution >= 4 is 0 Å². The van der Waals surface area contributed by atoms with Crippen LogP contribution in [-0.4, -0.2) is 37.6 Å². The van der Waals surface area contributed by atoms with Gasteiger partial charge in [-0.15, -0.1) is 0 Å². The fraction of sp³-hybridized carbons (Fsp3) is 1.00. The molecule has 0 bridgehead atoms. The highest BCUT2D eigenvalue weighted by Crippen LogP contribution is 2.05. The molecule has 17 heavy (non-hydrogen) atoms. The Kier molecular flexibility index (Phi) is 13.8. The summed E-state index contributed by atoms with van der Waals surface area (Å²) in [6.45, 7) is 6.90. The number of ether oxygens (including phenoxy) is 2. The molecule has 0 aromatic carbocycles. The first-order valence-electron chi connectivity index (χ1n) is 7.11. The molecule has 0 radical (unpaired) electrons. The minimum absolute atomic E-state index is 0.222. The first-order chi connectivity index (χ1) is 8.31. The maximum Gasteiger partial charge on any atom is 0.0780 e. The lowest BCUT2D eigenvalue weighted by molar-refractivity contribution is -0.00716. The van der Waals surface area contributed by atoms with E-state index in [9.17, 15) is 0 Å². The van der Waals surface area contributed by atoms with Crippen LogP contribution in [0.15, 0.2) is 0 Å². The lowest BCUT2D eigenvalue weighted by Gasteiger charge is -2.12. The van der Waals surface area contributed by atoms with E-state index in [4.69, 9.17) is 14.6 Å². The smallest absolute Gasteiger partial charge is 0.0780 e. The standard InChI is InChI=1S/C14H30O3/c1-3-11-17-14(2)13-16-12-9-7-5-4-6-8-10-15/h14-15H,3-13H2,1-2H3. The second-order valence-electron chi connectivity index (χ2n) is 4.60. The van der Waals surface area contributed by atoms with Gasteiger partial charge in [-0.25, -0.2) is 0 Å². The summed E-state index contributed by atoms with van der Waals surface area (Å²) < 4.78 is 11.1. The third-order valence-electron chi connectivity index (χ3n) is 2.66. The van der Waals surface area contributed by atoms with Gasteiger partial charge in [0.25, 0.3) is 0 Å². The summed E-state index contributed by atoms with van der Waals surface area (Å²) in [6.07, 6.45) is 8.25. The van der Waals surface area contributed by atoms with Crippen LogP contribution in [0.4, 0.5) is 0 Å². The van der Waals surface area contributed by atoms with Gasteiger partial charge in [-0.2, -0.15) is 0 Å². The number of aliphatic hydroxyl groups excluding tert-OH is 1. The van der Waals surface area contributed by atoms with Gasteiger partial charge in [-0.3, -0.25) is 0 Å². The van der Waals surface area contributed by atoms with Crippen molar-refractivity contribution < 1.29 is 14.6 Å². The van der Waals surface area contributed by atoms with Crippen LogP contribution in [0.25, 0.3) is 0 Å². The molecule has 0 saturated heterocycles. The Morgan fingerprint density at radius 3 is 2.24 bits per heavy atom.